The lowest BCUT2D eigenvalue weighted by molar-refractivity contribution is 0.160. The standard InChI is InChI=1S/C19H26N4O2/c1-22(2)15-10-14(11-15)19-20-18(13-8-9-25-12-13)21-23(19)16-6-4-5-7-17(16)24-3/h4-7,13-15H,8-12H2,1-3H3. The maximum Gasteiger partial charge on any atom is 0.156 e. The summed E-state index contributed by atoms with van der Waals surface area (Å²) < 4.78 is 13.1. The molecule has 2 heterocycles. The fourth-order valence-corrected chi connectivity index (χ4v) is 3.72. The van der Waals surface area contributed by atoms with Gasteiger partial charge in [0.25, 0.3) is 0 Å². The summed E-state index contributed by atoms with van der Waals surface area (Å²) in [6.45, 7) is 1.52. The highest BCUT2D eigenvalue weighted by Crippen LogP contribution is 2.40. The molecule has 1 unspecified atom stereocenters. The van der Waals surface area contributed by atoms with Crippen LogP contribution in [0.25, 0.3) is 5.69 Å². The van der Waals surface area contributed by atoms with Crippen molar-refractivity contribution in [2.45, 2.75) is 37.1 Å². The van der Waals surface area contributed by atoms with Crippen LogP contribution in [-0.4, -0.2) is 60.1 Å². The van der Waals surface area contributed by atoms with E-state index in [1.54, 1.807) is 7.11 Å². The Kier molecular flexibility index (Phi) is 4.48. The molecular weight excluding hydrogens is 316 g/mol. The predicted octanol–water partition coefficient (Wildman–Crippen LogP) is 2.59. The second-order valence-electron chi connectivity index (χ2n) is 7.26. The lowest BCUT2D eigenvalue weighted by Gasteiger charge is -2.39. The van der Waals surface area contributed by atoms with Gasteiger partial charge in [0, 0.05) is 24.5 Å². The van der Waals surface area contributed by atoms with Crippen molar-refractivity contribution >= 4 is 0 Å². The van der Waals surface area contributed by atoms with Gasteiger partial charge in [-0.1, -0.05) is 12.1 Å². The molecule has 0 radical (unpaired) electrons. The Bertz CT molecular complexity index is 731. The molecule has 2 fully saturated rings. The van der Waals surface area contributed by atoms with E-state index in [1.165, 1.54) is 0 Å². The SMILES string of the molecule is COc1ccccc1-n1nc(C2CCOC2)nc1C1CC(N(C)C)C1. The summed E-state index contributed by atoms with van der Waals surface area (Å²) >= 11 is 0. The Morgan fingerprint density at radius 3 is 2.68 bits per heavy atom. The summed E-state index contributed by atoms with van der Waals surface area (Å²) in [4.78, 5) is 7.26. The first-order valence-corrected chi connectivity index (χ1v) is 9.01. The van der Waals surface area contributed by atoms with Gasteiger partial charge in [0.1, 0.15) is 17.3 Å². The first-order chi connectivity index (χ1) is 12.2. The van der Waals surface area contributed by atoms with E-state index in [4.69, 9.17) is 19.6 Å². The van der Waals surface area contributed by atoms with Gasteiger partial charge in [-0.05, 0) is 45.5 Å². The maximum absolute atomic E-state index is 5.56. The fourth-order valence-electron chi connectivity index (χ4n) is 3.72. The normalized spacial score (nSPS) is 26.0. The number of aromatic nitrogens is 3. The second kappa shape index (κ2) is 6.77. The van der Waals surface area contributed by atoms with Gasteiger partial charge in [0.2, 0.25) is 0 Å². The third-order valence-corrected chi connectivity index (χ3v) is 5.47. The van der Waals surface area contributed by atoms with Crippen molar-refractivity contribution in [1.82, 2.24) is 19.7 Å². The van der Waals surface area contributed by atoms with Crippen molar-refractivity contribution in [3.05, 3.63) is 35.9 Å². The Balaban J connectivity index is 1.71. The van der Waals surface area contributed by atoms with Crippen LogP contribution in [0.15, 0.2) is 24.3 Å². The van der Waals surface area contributed by atoms with Crippen molar-refractivity contribution in [3.8, 4) is 11.4 Å². The molecule has 134 valence electrons. The number of hydrogen-bond donors (Lipinski definition) is 0. The minimum atomic E-state index is 0.305. The van der Waals surface area contributed by atoms with Crippen LogP contribution in [0.4, 0.5) is 0 Å². The molecule has 25 heavy (non-hydrogen) atoms. The predicted molar refractivity (Wildman–Crippen MR) is 95.5 cm³/mol. The highest BCUT2D eigenvalue weighted by Gasteiger charge is 2.37. The summed E-state index contributed by atoms with van der Waals surface area (Å²) in [5.74, 6) is 3.54. The van der Waals surface area contributed by atoms with Gasteiger partial charge in [-0.3, -0.25) is 0 Å². The van der Waals surface area contributed by atoms with Gasteiger partial charge in [-0.25, -0.2) is 9.67 Å². The molecule has 0 bridgehead atoms. The molecule has 0 spiro atoms. The zero-order valence-electron chi connectivity index (χ0n) is 15.2. The molecule has 1 aromatic heterocycles. The average molecular weight is 342 g/mol. The Hall–Kier alpha value is -1.92. The van der Waals surface area contributed by atoms with Crippen LogP contribution in [-0.2, 0) is 4.74 Å². The molecule has 1 aliphatic carbocycles. The smallest absolute Gasteiger partial charge is 0.156 e. The first-order valence-electron chi connectivity index (χ1n) is 9.01. The number of hydrogen-bond acceptors (Lipinski definition) is 5. The van der Waals surface area contributed by atoms with Gasteiger partial charge in [0.05, 0.1) is 13.7 Å². The van der Waals surface area contributed by atoms with Crippen LogP contribution in [0.5, 0.6) is 5.75 Å². The third kappa shape index (κ3) is 3.04. The van der Waals surface area contributed by atoms with E-state index in [0.717, 1.165) is 55.6 Å². The van der Waals surface area contributed by atoms with Crippen molar-refractivity contribution in [2.24, 2.45) is 0 Å². The number of rotatable bonds is 5. The lowest BCUT2D eigenvalue weighted by atomic mass is 9.79. The minimum Gasteiger partial charge on any atom is -0.494 e. The largest absolute Gasteiger partial charge is 0.494 e. The Morgan fingerprint density at radius 2 is 2.00 bits per heavy atom. The topological polar surface area (TPSA) is 52.4 Å². The lowest BCUT2D eigenvalue weighted by Crippen LogP contribution is -2.40. The van der Waals surface area contributed by atoms with E-state index in [-0.39, 0.29) is 0 Å². The molecule has 2 aliphatic rings. The van der Waals surface area contributed by atoms with Gasteiger partial charge >= 0.3 is 0 Å². The summed E-state index contributed by atoms with van der Waals surface area (Å²) in [6.07, 6.45) is 3.25. The molecule has 0 N–H and O–H groups in total. The second-order valence-corrected chi connectivity index (χ2v) is 7.26. The van der Waals surface area contributed by atoms with Gasteiger partial charge < -0.3 is 14.4 Å². The summed E-state index contributed by atoms with van der Waals surface area (Å²) in [5.41, 5.74) is 0.964. The number of para-hydroxylation sites is 2. The monoisotopic (exact) mass is 342 g/mol. The highest BCUT2D eigenvalue weighted by molar-refractivity contribution is 5.46. The molecule has 1 saturated heterocycles. The van der Waals surface area contributed by atoms with Crippen LogP contribution < -0.4 is 4.74 Å². The van der Waals surface area contributed by atoms with Gasteiger partial charge in [0.15, 0.2) is 5.82 Å². The van der Waals surface area contributed by atoms with Crippen molar-refractivity contribution in [3.63, 3.8) is 0 Å². The fraction of sp³-hybridized carbons (Fsp3) is 0.579. The molecule has 1 aromatic carbocycles. The number of benzene rings is 1. The molecule has 6 nitrogen and oxygen atoms in total. The Labute approximate surface area is 148 Å². The summed E-state index contributed by atoms with van der Waals surface area (Å²) in [6, 6.07) is 8.66. The molecular formula is C19H26N4O2. The van der Waals surface area contributed by atoms with Crippen LogP contribution in [0.1, 0.15) is 42.7 Å². The molecule has 1 atom stereocenters. The summed E-state index contributed by atoms with van der Waals surface area (Å²) in [7, 11) is 5.99. The van der Waals surface area contributed by atoms with Crippen molar-refractivity contribution in [1.29, 1.82) is 0 Å². The van der Waals surface area contributed by atoms with E-state index in [2.05, 4.69) is 19.0 Å². The van der Waals surface area contributed by atoms with Crippen molar-refractivity contribution < 1.29 is 9.47 Å². The van der Waals surface area contributed by atoms with E-state index in [1.807, 2.05) is 28.9 Å². The van der Waals surface area contributed by atoms with Crippen molar-refractivity contribution in [2.75, 3.05) is 34.4 Å². The van der Waals surface area contributed by atoms with E-state index in [0.29, 0.717) is 17.9 Å². The number of ether oxygens (including phenoxy) is 2. The molecule has 2 aromatic rings. The maximum atomic E-state index is 5.56. The Morgan fingerprint density at radius 1 is 1.20 bits per heavy atom. The van der Waals surface area contributed by atoms with Crippen LogP contribution in [0, 0.1) is 0 Å². The van der Waals surface area contributed by atoms with Crippen LogP contribution >= 0.6 is 0 Å². The third-order valence-electron chi connectivity index (χ3n) is 5.47. The quantitative estimate of drug-likeness (QED) is 0.836. The highest BCUT2D eigenvalue weighted by atomic mass is 16.5. The molecule has 6 heteroatoms. The number of methoxy groups -OCH3 is 1. The van der Waals surface area contributed by atoms with Crippen LogP contribution in [0.2, 0.25) is 0 Å². The molecule has 0 amide bonds. The summed E-state index contributed by atoms with van der Waals surface area (Å²) in [5, 5.41) is 4.88. The minimum absolute atomic E-state index is 0.305. The van der Waals surface area contributed by atoms with Crippen LogP contribution in [0.3, 0.4) is 0 Å². The van der Waals surface area contributed by atoms with E-state index in [9.17, 15) is 0 Å². The molecule has 1 saturated carbocycles. The molecule has 4 rings (SSSR count). The number of nitrogens with zero attached hydrogens (tertiary/aromatic N) is 4. The van der Waals surface area contributed by atoms with E-state index >= 15 is 0 Å². The van der Waals surface area contributed by atoms with Gasteiger partial charge in [-0.2, -0.15) is 5.10 Å². The zero-order chi connectivity index (χ0) is 17.4. The zero-order valence-corrected chi connectivity index (χ0v) is 15.2. The average Bonchev–Trinajstić information content (AvgIpc) is 3.22. The van der Waals surface area contributed by atoms with E-state index < -0.39 is 0 Å². The molecule has 1 aliphatic heterocycles. The first kappa shape index (κ1) is 16.5. The van der Waals surface area contributed by atoms with Gasteiger partial charge in [-0.15, -0.1) is 0 Å².